The molecule has 1 amide bonds. The summed E-state index contributed by atoms with van der Waals surface area (Å²) in [5.74, 6) is -1.03. The molecule has 1 atom stereocenters. The number of amides is 1. The van der Waals surface area contributed by atoms with Crippen LogP contribution in [0.15, 0.2) is 36.5 Å². The third-order valence-corrected chi connectivity index (χ3v) is 4.00. The van der Waals surface area contributed by atoms with Gasteiger partial charge in [-0.25, -0.2) is 9.48 Å². The van der Waals surface area contributed by atoms with E-state index in [-0.39, 0.29) is 5.69 Å². The summed E-state index contributed by atoms with van der Waals surface area (Å²) >= 11 is 0. The number of carbonyl (C=O) groups is 2. The molecule has 1 aromatic heterocycles. The van der Waals surface area contributed by atoms with Crippen molar-refractivity contribution < 1.29 is 19.4 Å². The van der Waals surface area contributed by atoms with E-state index in [1.165, 1.54) is 4.90 Å². The minimum atomic E-state index is -0.985. The summed E-state index contributed by atoms with van der Waals surface area (Å²) < 4.78 is 7.11. The Labute approximate surface area is 139 Å². The predicted octanol–water partition coefficient (Wildman–Crippen LogP) is 1.96. The summed E-state index contributed by atoms with van der Waals surface area (Å²) in [6.45, 7) is 2.63. The van der Waals surface area contributed by atoms with Gasteiger partial charge < -0.3 is 14.7 Å². The van der Waals surface area contributed by atoms with E-state index >= 15 is 0 Å². The Kier molecular flexibility index (Phi) is 4.50. The van der Waals surface area contributed by atoms with Crippen LogP contribution in [-0.4, -0.2) is 50.9 Å². The van der Waals surface area contributed by atoms with E-state index in [9.17, 15) is 14.7 Å². The van der Waals surface area contributed by atoms with Gasteiger partial charge in [-0.15, -0.1) is 0 Å². The topological polar surface area (TPSA) is 84.7 Å². The molecule has 0 bridgehead atoms. The van der Waals surface area contributed by atoms with Crippen LogP contribution in [0.25, 0.3) is 5.69 Å². The first kappa shape index (κ1) is 16.0. The van der Waals surface area contributed by atoms with Gasteiger partial charge in [0.05, 0.1) is 18.5 Å². The van der Waals surface area contributed by atoms with Gasteiger partial charge in [0.2, 0.25) is 0 Å². The monoisotopic (exact) mass is 329 g/mol. The summed E-state index contributed by atoms with van der Waals surface area (Å²) in [5, 5.41) is 13.6. The number of hydrogen-bond donors (Lipinski definition) is 1. The summed E-state index contributed by atoms with van der Waals surface area (Å²) in [6.07, 6.45) is 2.79. The van der Waals surface area contributed by atoms with Crippen molar-refractivity contribution in [3.8, 4) is 11.4 Å². The molecule has 0 saturated carbocycles. The molecule has 7 heteroatoms. The van der Waals surface area contributed by atoms with Crippen LogP contribution in [0.1, 0.15) is 30.3 Å². The standard InChI is InChI=1S/C17H19N3O4/c1-2-24-14-11-20(12-7-4-3-5-8-12)18-15(14)16(21)19-10-6-9-13(19)17(22)23/h3-5,7-8,11,13H,2,6,9-10H2,1H3,(H,22,23)/t13-/m1/s1. The molecule has 0 unspecified atom stereocenters. The van der Waals surface area contributed by atoms with Crippen molar-refractivity contribution in [2.75, 3.05) is 13.2 Å². The first-order valence-corrected chi connectivity index (χ1v) is 7.93. The number of nitrogens with zero attached hydrogens (tertiary/aromatic N) is 3. The molecule has 1 aromatic carbocycles. The van der Waals surface area contributed by atoms with Crippen molar-refractivity contribution in [2.24, 2.45) is 0 Å². The van der Waals surface area contributed by atoms with Gasteiger partial charge in [-0.1, -0.05) is 18.2 Å². The zero-order valence-corrected chi connectivity index (χ0v) is 13.4. The summed E-state index contributed by atoms with van der Waals surface area (Å²) in [7, 11) is 0. The van der Waals surface area contributed by atoms with E-state index in [4.69, 9.17) is 4.74 Å². The second-order valence-corrected chi connectivity index (χ2v) is 5.55. The molecule has 1 aliphatic heterocycles. The highest BCUT2D eigenvalue weighted by Gasteiger charge is 2.36. The number of para-hydroxylation sites is 1. The average Bonchev–Trinajstić information content (AvgIpc) is 3.23. The minimum Gasteiger partial charge on any atom is -0.490 e. The number of carboxylic acid groups (broad SMARTS) is 1. The zero-order chi connectivity index (χ0) is 17.1. The smallest absolute Gasteiger partial charge is 0.326 e. The molecule has 3 rings (SSSR count). The molecule has 24 heavy (non-hydrogen) atoms. The van der Waals surface area contributed by atoms with Gasteiger partial charge in [-0.3, -0.25) is 4.79 Å². The summed E-state index contributed by atoms with van der Waals surface area (Å²) in [4.78, 5) is 25.5. The number of benzene rings is 1. The molecule has 1 saturated heterocycles. The van der Waals surface area contributed by atoms with E-state index in [0.717, 1.165) is 5.69 Å². The maximum Gasteiger partial charge on any atom is 0.326 e. The zero-order valence-electron chi connectivity index (χ0n) is 13.4. The highest BCUT2D eigenvalue weighted by atomic mass is 16.5. The van der Waals surface area contributed by atoms with Crippen LogP contribution in [0.2, 0.25) is 0 Å². The molecule has 1 fully saturated rings. The number of carbonyl (C=O) groups excluding carboxylic acids is 1. The number of aliphatic carboxylic acids is 1. The second kappa shape index (κ2) is 6.74. The van der Waals surface area contributed by atoms with Crippen LogP contribution >= 0.6 is 0 Å². The van der Waals surface area contributed by atoms with Crippen LogP contribution in [-0.2, 0) is 4.79 Å². The lowest BCUT2D eigenvalue weighted by atomic mass is 10.2. The first-order chi connectivity index (χ1) is 11.6. The maximum atomic E-state index is 12.8. The van der Waals surface area contributed by atoms with E-state index in [0.29, 0.717) is 31.7 Å². The third-order valence-electron chi connectivity index (χ3n) is 4.00. The number of likely N-dealkylation sites (tertiary alicyclic amines) is 1. The molecule has 0 aliphatic carbocycles. The summed E-state index contributed by atoms with van der Waals surface area (Å²) in [5.41, 5.74) is 0.947. The highest BCUT2D eigenvalue weighted by Crippen LogP contribution is 2.26. The molecule has 1 aliphatic rings. The Morgan fingerprint density at radius 3 is 2.75 bits per heavy atom. The number of ether oxygens (including phenoxy) is 1. The Balaban J connectivity index is 1.95. The SMILES string of the molecule is CCOc1cn(-c2ccccc2)nc1C(=O)N1CCC[C@@H]1C(=O)O. The van der Waals surface area contributed by atoms with Gasteiger partial charge in [-0.05, 0) is 31.9 Å². The van der Waals surface area contributed by atoms with E-state index in [1.807, 2.05) is 37.3 Å². The molecule has 126 valence electrons. The van der Waals surface area contributed by atoms with Crippen molar-refractivity contribution in [2.45, 2.75) is 25.8 Å². The lowest BCUT2D eigenvalue weighted by molar-refractivity contribution is -0.141. The maximum absolute atomic E-state index is 12.8. The van der Waals surface area contributed by atoms with E-state index < -0.39 is 17.9 Å². The number of hydrogen-bond acceptors (Lipinski definition) is 4. The van der Waals surface area contributed by atoms with Crippen molar-refractivity contribution in [3.63, 3.8) is 0 Å². The molecular formula is C17H19N3O4. The quantitative estimate of drug-likeness (QED) is 0.906. The fourth-order valence-electron chi connectivity index (χ4n) is 2.88. The molecule has 0 radical (unpaired) electrons. The molecule has 0 spiro atoms. The van der Waals surface area contributed by atoms with Gasteiger partial charge in [0.1, 0.15) is 6.04 Å². The first-order valence-electron chi connectivity index (χ1n) is 7.93. The Morgan fingerprint density at radius 1 is 1.33 bits per heavy atom. The normalized spacial score (nSPS) is 17.0. The van der Waals surface area contributed by atoms with Crippen LogP contribution in [0.5, 0.6) is 5.75 Å². The van der Waals surface area contributed by atoms with Crippen LogP contribution in [0.3, 0.4) is 0 Å². The van der Waals surface area contributed by atoms with E-state index in [1.54, 1.807) is 10.9 Å². The van der Waals surface area contributed by atoms with Crippen molar-refractivity contribution in [1.82, 2.24) is 14.7 Å². The van der Waals surface area contributed by atoms with Crippen molar-refractivity contribution >= 4 is 11.9 Å². The third kappa shape index (κ3) is 2.97. The molecular weight excluding hydrogens is 310 g/mol. The Bertz CT molecular complexity index is 742. The van der Waals surface area contributed by atoms with Crippen LogP contribution < -0.4 is 4.74 Å². The van der Waals surface area contributed by atoms with Gasteiger partial charge in [0.15, 0.2) is 11.4 Å². The fraction of sp³-hybridized carbons (Fsp3) is 0.353. The molecule has 1 N–H and O–H groups in total. The summed E-state index contributed by atoms with van der Waals surface area (Å²) in [6, 6.07) is 8.58. The lowest BCUT2D eigenvalue weighted by Crippen LogP contribution is -2.40. The van der Waals surface area contributed by atoms with E-state index in [2.05, 4.69) is 5.10 Å². The largest absolute Gasteiger partial charge is 0.490 e. The van der Waals surface area contributed by atoms with Gasteiger partial charge in [0.25, 0.3) is 5.91 Å². The highest BCUT2D eigenvalue weighted by molar-refractivity contribution is 5.97. The number of rotatable bonds is 5. The minimum absolute atomic E-state index is 0.147. The van der Waals surface area contributed by atoms with Crippen molar-refractivity contribution in [3.05, 3.63) is 42.2 Å². The van der Waals surface area contributed by atoms with Gasteiger partial charge in [0, 0.05) is 6.54 Å². The molecule has 2 aromatic rings. The second-order valence-electron chi connectivity index (χ2n) is 5.55. The Morgan fingerprint density at radius 2 is 2.08 bits per heavy atom. The average molecular weight is 329 g/mol. The predicted molar refractivity (Wildman–Crippen MR) is 86.4 cm³/mol. The van der Waals surface area contributed by atoms with Crippen molar-refractivity contribution in [1.29, 1.82) is 0 Å². The van der Waals surface area contributed by atoms with Gasteiger partial charge >= 0.3 is 5.97 Å². The van der Waals surface area contributed by atoms with Gasteiger partial charge in [-0.2, -0.15) is 5.10 Å². The van der Waals surface area contributed by atoms with Crippen LogP contribution in [0.4, 0.5) is 0 Å². The van der Waals surface area contributed by atoms with Crippen LogP contribution in [0, 0.1) is 0 Å². The number of carboxylic acids is 1. The fourth-order valence-corrected chi connectivity index (χ4v) is 2.88. The lowest BCUT2D eigenvalue weighted by Gasteiger charge is -2.20. The molecule has 2 heterocycles. The number of aromatic nitrogens is 2. The Hall–Kier alpha value is -2.83. The molecule has 7 nitrogen and oxygen atoms in total.